The van der Waals surface area contributed by atoms with Gasteiger partial charge in [-0.25, -0.2) is 18.6 Å². The van der Waals surface area contributed by atoms with Crippen LogP contribution in [0.2, 0.25) is 0 Å². The molecule has 0 radical (unpaired) electrons. The van der Waals surface area contributed by atoms with Crippen LogP contribution in [0.5, 0.6) is 11.5 Å². The van der Waals surface area contributed by atoms with Gasteiger partial charge in [0, 0.05) is 25.1 Å². The van der Waals surface area contributed by atoms with Gasteiger partial charge in [-0.1, -0.05) is 12.1 Å². The van der Waals surface area contributed by atoms with Crippen molar-refractivity contribution in [1.29, 1.82) is 0 Å². The highest BCUT2D eigenvalue weighted by molar-refractivity contribution is 5.98. The van der Waals surface area contributed by atoms with Crippen molar-refractivity contribution in [2.45, 2.75) is 52.7 Å². The molecule has 0 aliphatic rings. The number of hydrogen-bond donors (Lipinski definition) is 1. The van der Waals surface area contributed by atoms with Crippen molar-refractivity contribution < 1.29 is 37.4 Å². The highest BCUT2D eigenvalue weighted by atomic mass is 19.1. The van der Waals surface area contributed by atoms with Crippen molar-refractivity contribution in [1.82, 2.24) is 10.3 Å². The molecule has 0 aliphatic carbocycles. The predicted octanol–water partition coefficient (Wildman–Crippen LogP) is 4.79. The van der Waals surface area contributed by atoms with Gasteiger partial charge >= 0.3 is 11.9 Å². The third kappa shape index (κ3) is 6.95. The van der Waals surface area contributed by atoms with Crippen LogP contribution in [-0.4, -0.2) is 42.1 Å². The third-order valence-electron chi connectivity index (χ3n) is 6.16. The minimum Gasteiger partial charge on any atom is -0.493 e. The second kappa shape index (κ2) is 12.5. The zero-order valence-electron chi connectivity index (χ0n) is 22.5. The van der Waals surface area contributed by atoms with Gasteiger partial charge in [-0.3, -0.25) is 9.59 Å². The molecular weight excluding hydrogens is 510 g/mol. The second-order valence-electron chi connectivity index (χ2n) is 9.10. The first kappa shape index (κ1) is 29.2. The standard InChI is InChI=1S/C29H30F2N2O6/c1-15-13-20(30)7-9-22(15)25(23-10-8-21(31)14-16(23)2)18(4)38-29(36)17(3)33-28(35)26-27(39-19(5)34)24(37-6)11-12-32-26/h7-14,17-18,25H,1-6H3,(H,33,35)/t17-,18-/m0/s1. The summed E-state index contributed by atoms with van der Waals surface area (Å²) in [6.45, 7) is 7.75. The molecule has 0 saturated carbocycles. The number of nitrogens with one attached hydrogen (secondary N) is 1. The van der Waals surface area contributed by atoms with E-state index in [4.69, 9.17) is 14.2 Å². The van der Waals surface area contributed by atoms with Crippen LogP contribution >= 0.6 is 0 Å². The number of benzene rings is 2. The minimum atomic E-state index is -1.12. The maximum Gasteiger partial charge on any atom is 0.328 e. The SMILES string of the molecule is COc1ccnc(C(=O)N[C@@H](C)C(=O)O[C@@H](C)C(c2ccc(F)cc2C)c2ccc(F)cc2C)c1OC(C)=O. The summed E-state index contributed by atoms with van der Waals surface area (Å²) in [5.41, 5.74) is 2.42. The number of aryl methyl sites for hydroxylation is 2. The number of rotatable bonds is 9. The summed E-state index contributed by atoms with van der Waals surface area (Å²) in [4.78, 5) is 41.5. The van der Waals surface area contributed by atoms with E-state index in [1.165, 1.54) is 50.6 Å². The Balaban J connectivity index is 1.85. The zero-order chi connectivity index (χ0) is 28.9. The van der Waals surface area contributed by atoms with E-state index in [-0.39, 0.29) is 17.2 Å². The van der Waals surface area contributed by atoms with E-state index in [0.29, 0.717) is 22.3 Å². The lowest BCUT2D eigenvalue weighted by atomic mass is 9.82. The number of carbonyl (C=O) groups excluding carboxylic acids is 3. The lowest BCUT2D eigenvalue weighted by Crippen LogP contribution is -2.42. The van der Waals surface area contributed by atoms with Crippen molar-refractivity contribution in [3.05, 3.63) is 88.2 Å². The Hall–Kier alpha value is -4.34. The molecule has 1 amide bonds. The molecule has 3 rings (SSSR count). The molecule has 0 saturated heterocycles. The second-order valence-corrected chi connectivity index (χ2v) is 9.10. The lowest BCUT2D eigenvalue weighted by molar-refractivity contribution is -0.150. The molecule has 0 fully saturated rings. The summed E-state index contributed by atoms with van der Waals surface area (Å²) >= 11 is 0. The summed E-state index contributed by atoms with van der Waals surface area (Å²) in [5.74, 6) is -3.67. The average Bonchev–Trinajstić information content (AvgIpc) is 2.86. The predicted molar refractivity (Wildman–Crippen MR) is 139 cm³/mol. The monoisotopic (exact) mass is 540 g/mol. The van der Waals surface area contributed by atoms with Crippen LogP contribution in [0.15, 0.2) is 48.7 Å². The van der Waals surface area contributed by atoms with Gasteiger partial charge in [-0.05, 0) is 74.2 Å². The molecular formula is C29H30F2N2O6. The number of nitrogens with zero attached hydrogens (tertiary/aromatic N) is 1. The number of amides is 1. The van der Waals surface area contributed by atoms with Crippen molar-refractivity contribution >= 4 is 17.8 Å². The highest BCUT2D eigenvalue weighted by Gasteiger charge is 2.30. The summed E-state index contributed by atoms with van der Waals surface area (Å²) in [7, 11) is 1.34. The Morgan fingerprint density at radius 3 is 1.97 bits per heavy atom. The maximum absolute atomic E-state index is 13.9. The highest BCUT2D eigenvalue weighted by Crippen LogP contribution is 2.35. The first-order chi connectivity index (χ1) is 18.4. The summed E-state index contributed by atoms with van der Waals surface area (Å²) < 4.78 is 43.7. The van der Waals surface area contributed by atoms with Crippen LogP contribution in [-0.2, 0) is 14.3 Å². The van der Waals surface area contributed by atoms with Gasteiger partial charge in [0.2, 0.25) is 5.75 Å². The van der Waals surface area contributed by atoms with E-state index in [2.05, 4.69) is 10.3 Å². The van der Waals surface area contributed by atoms with Crippen LogP contribution in [0.1, 0.15) is 59.4 Å². The average molecular weight is 541 g/mol. The number of ether oxygens (including phenoxy) is 3. The fourth-order valence-electron chi connectivity index (χ4n) is 4.32. The smallest absolute Gasteiger partial charge is 0.328 e. The lowest BCUT2D eigenvalue weighted by Gasteiger charge is -2.28. The van der Waals surface area contributed by atoms with Crippen LogP contribution in [0, 0.1) is 25.5 Å². The Kier molecular flexibility index (Phi) is 9.34. The number of aromatic nitrogens is 1. The largest absolute Gasteiger partial charge is 0.493 e. The molecule has 0 bridgehead atoms. The molecule has 10 heteroatoms. The van der Waals surface area contributed by atoms with E-state index in [0.717, 1.165) is 6.92 Å². The molecule has 206 valence electrons. The Morgan fingerprint density at radius 2 is 1.49 bits per heavy atom. The number of carbonyl (C=O) groups is 3. The number of hydrogen-bond acceptors (Lipinski definition) is 7. The van der Waals surface area contributed by atoms with Gasteiger partial charge in [0.05, 0.1) is 7.11 Å². The van der Waals surface area contributed by atoms with E-state index in [9.17, 15) is 23.2 Å². The molecule has 1 N–H and O–H groups in total. The van der Waals surface area contributed by atoms with E-state index in [1.54, 1.807) is 32.9 Å². The molecule has 3 aromatic rings. The van der Waals surface area contributed by atoms with Gasteiger partial charge in [-0.15, -0.1) is 0 Å². The third-order valence-corrected chi connectivity index (χ3v) is 6.16. The minimum absolute atomic E-state index is 0.112. The van der Waals surface area contributed by atoms with Crippen molar-refractivity contribution in [3.8, 4) is 11.5 Å². The summed E-state index contributed by atoms with van der Waals surface area (Å²) in [6, 6.07) is 8.89. The van der Waals surface area contributed by atoms with Gasteiger partial charge in [-0.2, -0.15) is 0 Å². The van der Waals surface area contributed by atoms with Crippen LogP contribution < -0.4 is 14.8 Å². The first-order valence-corrected chi connectivity index (χ1v) is 12.2. The van der Waals surface area contributed by atoms with Gasteiger partial charge in [0.1, 0.15) is 23.8 Å². The Bertz CT molecular complexity index is 1340. The molecule has 2 atom stereocenters. The first-order valence-electron chi connectivity index (χ1n) is 12.2. The number of methoxy groups -OCH3 is 1. The quantitative estimate of drug-likeness (QED) is 0.389. The number of pyridine rings is 1. The molecule has 0 spiro atoms. The van der Waals surface area contributed by atoms with E-state index >= 15 is 0 Å². The molecule has 39 heavy (non-hydrogen) atoms. The molecule has 1 heterocycles. The number of halogens is 2. The maximum atomic E-state index is 13.9. The van der Waals surface area contributed by atoms with Crippen LogP contribution in [0.4, 0.5) is 8.78 Å². The summed E-state index contributed by atoms with van der Waals surface area (Å²) in [5, 5.41) is 2.50. The molecule has 8 nitrogen and oxygen atoms in total. The molecule has 2 aromatic carbocycles. The normalized spacial score (nSPS) is 12.4. The van der Waals surface area contributed by atoms with Crippen molar-refractivity contribution in [2.24, 2.45) is 0 Å². The van der Waals surface area contributed by atoms with Gasteiger partial charge in [0.15, 0.2) is 11.4 Å². The molecule has 0 aliphatic heterocycles. The Morgan fingerprint density at radius 1 is 0.923 bits per heavy atom. The van der Waals surface area contributed by atoms with Crippen LogP contribution in [0.25, 0.3) is 0 Å². The molecule has 0 unspecified atom stereocenters. The topological polar surface area (TPSA) is 104 Å². The zero-order valence-corrected chi connectivity index (χ0v) is 22.5. The fraction of sp³-hybridized carbons (Fsp3) is 0.310. The van der Waals surface area contributed by atoms with Crippen molar-refractivity contribution in [2.75, 3.05) is 7.11 Å². The van der Waals surface area contributed by atoms with E-state index in [1.807, 2.05) is 0 Å². The fourth-order valence-corrected chi connectivity index (χ4v) is 4.32. The molecule has 1 aromatic heterocycles. The van der Waals surface area contributed by atoms with Crippen LogP contribution in [0.3, 0.4) is 0 Å². The number of esters is 2. The Labute approximate surface area is 225 Å². The van der Waals surface area contributed by atoms with Crippen molar-refractivity contribution in [3.63, 3.8) is 0 Å². The van der Waals surface area contributed by atoms with E-state index < -0.39 is 47.5 Å². The van der Waals surface area contributed by atoms with Gasteiger partial charge < -0.3 is 19.5 Å². The summed E-state index contributed by atoms with van der Waals surface area (Å²) in [6.07, 6.45) is 0.517. The van der Waals surface area contributed by atoms with Gasteiger partial charge in [0.25, 0.3) is 5.91 Å².